The monoisotopic (exact) mass is 436 g/mol. The molecule has 152 valence electrons. The number of carbonyl (C=O) groups excluding carboxylic acids is 2. The Morgan fingerprint density at radius 3 is 2.48 bits per heavy atom. The van der Waals surface area contributed by atoms with Gasteiger partial charge in [-0.1, -0.05) is 23.2 Å². The van der Waals surface area contributed by atoms with Crippen molar-refractivity contribution in [2.24, 2.45) is 0 Å². The number of phenolic OH excluding ortho intramolecular Hbond substituents is 1. The van der Waals surface area contributed by atoms with E-state index in [4.69, 9.17) is 23.2 Å². The lowest BCUT2D eigenvalue weighted by atomic mass is 10.1. The van der Waals surface area contributed by atoms with Crippen LogP contribution in [0, 0.1) is 12.7 Å². The Kier molecular flexibility index (Phi) is 5.87. The number of phenols is 1. The second-order valence-electron chi connectivity index (χ2n) is 7.05. The van der Waals surface area contributed by atoms with Gasteiger partial charge in [-0.15, -0.1) is 0 Å². The minimum absolute atomic E-state index is 0.0206. The summed E-state index contributed by atoms with van der Waals surface area (Å²) in [7, 11) is 0. The van der Waals surface area contributed by atoms with E-state index in [2.05, 4.69) is 5.32 Å². The van der Waals surface area contributed by atoms with Crippen LogP contribution in [0.4, 0.5) is 4.39 Å². The maximum absolute atomic E-state index is 14.1. The fourth-order valence-electron chi connectivity index (χ4n) is 3.27. The molecule has 0 aliphatic heterocycles. The first-order chi connectivity index (χ1) is 13.6. The molecule has 0 saturated heterocycles. The highest BCUT2D eigenvalue weighted by Gasteiger charge is 2.23. The van der Waals surface area contributed by atoms with Crippen molar-refractivity contribution >= 4 is 45.9 Å². The van der Waals surface area contributed by atoms with Gasteiger partial charge in [0.25, 0.3) is 5.91 Å². The zero-order valence-electron chi connectivity index (χ0n) is 16.0. The fraction of sp³-hybridized carbons (Fsp3) is 0.238. The third kappa shape index (κ3) is 4.09. The summed E-state index contributed by atoms with van der Waals surface area (Å²) in [6.07, 6.45) is -0.0206. The molecule has 2 aromatic carbocycles. The van der Waals surface area contributed by atoms with E-state index in [9.17, 15) is 19.1 Å². The van der Waals surface area contributed by atoms with Crippen LogP contribution in [-0.4, -0.2) is 27.5 Å². The predicted molar refractivity (Wildman–Crippen MR) is 111 cm³/mol. The standard InChI is InChI=1S/C21H19Cl2FN2O3/c1-10(2)25-20(28)8-13-11(3)26(18-9-17(24)19(27)7-14(13)18)21(29)12-4-5-15(22)16(23)6-12/h4-7,9-10,27H,8H2,1-3H3,(H,25,28). The molecule has 0 spiro atoms. The highest BCUT2D eigenvalue weighted by molar-refractivity contribution is 6.42. The Hall–Kier alpha value is -2.57. The number of carbonyl (C=O) groups is 2. The molecule has 1 heterocycles. The van der Waals surface area contributed by atoms with E-state index in [1.807, 2.05) is 13.8 Å². The van der Waals surface area contributed by atoms with E-state index < -0.39 is 17.5 Å². The average Bonchev–Trinajstić information content (AvgIpc) is 2.88. The Labute approximate surface area is 177 Å². The maximum Gasteiger partial charge on any atom is 0.262 e. The van der Waals surface area contributed by atoms with Gasteiger partial charge in [0.15, 0.2) is 11.6 Å². The summed E-state index contributed by atoms with van der Waals surface area (Å²) >= 11 is 12.0. The van der Waals surface area contributed by atoms with Gasteiger partial charge in [-0.3, -0.25) is 14.2 Å². The van der Waals surface area contributed by atoms with Crippen molar-refractivity contribution in [3.05, 3.63) is 63.0 Å². The number of amides is 1. The smallest absolute Gasteiger partial charge is 0.262 e. The molecule has 0 aliphatic rings. The van der Waals surface area contributed by atoms with Crippen molar-refractivity contribution < 1.29 is 19.1 Å². The van der Waals surface area contributed by atoms with Gasteiger partial charge in [-0.05, 0) is 50.6 Å². The van der Waals surface area contributed by atoms with Gasteiger partial charge in [0.1, 0.15) is 0 Å². The lowest BCUT2D eigenvalue weighted by molar-refractivity contribution is -0.120. The Morgan fingerprint density at radius 2 is 1.86 bits per heavy atom. The van der Waals surface area contributed by atoms with Crippen LogP contribution in [0.1, 0.15) is 35.5 Å². The molecular formula is C21H19Cl2FN2O3. The fourth-order valence-corrected chi connectivity index (χ4v) is 3.56. The third-order valence-electron chi connectivity index (χ3n) is 4.56. The molecule has 5 nitrogen and oxygen atoms in total. The average molecular weight is 437 g/mol. The summed E-state index contributed by atoms with van der Waals surface area (Å²) in [5, 5.41) is 13.6. The van der Waals surface area contributed by atoms with Crippen LogP contribution in [0.25, 0.3) is 10.9 Å². The van der Waals surface area contributed by atoms with Crippen molar-refractivity contribution in [2.75, 3.05) is 0 Å². The summed E-state index contributed by atoms with van der Waals surface area (Å²) in [5.74, 6) is -2.11. The molecule has 29 heavy (non-hydrogen) atoms. The number of nitrogens with zero attached hydrogens (tertiary/aromatic N) is 1. The summed E-state index contributed by atoms with van der Waals surface area (Å²) in [6, 6.07) is 6.70. The molecular weight excluding hydrogens is 418 g/mol. The van der Waals surface area contributed by atoms with Crippen molar-refractivity contribution in [1.29, 1.82) is 0 Å². The highest BCUT2D eigenvalue weighted by Crippen LogP contribution is 2.32. The normalized spacial score (nSPS) is 11.3. The molecule has 3 aromatic rings. The largest absolute Gasteiger partial charge is 0.505 e. The Balaban J connectivity index is 2.19. The lowest BCUT2D eigenvalue weighted by Crippen LogP contribution is -2.31. The van der Waals surface area contributed by atoms with E-state index in [-0.39, 0.29) is 34.5 Å². The number of fused-ring (bicyclic) bond motifs is 1. The summed E-state index contributed by atoms with van der Waals surface area (Å²) in [6.45, 7) is 5.34. The Bertz CT molecular complexity index is 1140. The van der Waals surface area contributed by atoms with E-state index >= 15 is 0 Å². The second kappa shape index (κ2) is 8.05. The van der Waals surface area contributed by atoms with Crippen LogP contribution >= 0.6 is 23.2 Å². The first-order valence-electron chi connectivity index (χ1n) is 8.91. The summed E-state index contributed by atoms with van der Waals surface area (Å²) in [5.41, 5.74) is 1.51. The number of nitrogens with one attached hydrogen (secondary N) is 1. The number of hydrogen-bond acceptors (Lipinski definition) is 3. The van der Waals surface area contributed by atoms with Crippen LogP contribution in [0.5, 0.6) is 5.75 Å². The second-order valence-corrected chi connectivity index (χ2v) is 7.87. The lowest BCUT2D eigenvalue weighted by Gasteiger charge is -2.10. The maximum atomic E-state index is 14.1. The number of aromatic hydroxyl groups is 1. The van der Waals surface area contributed by atoms with Gasteiger partial charge < -0.3 is 10.4 Å². The van der Waals surface area contributed by atoms with Crippen LogP contribution in [0.15, 0.2) is 30.3 Å². The number of benzene rings is 2. The number of aromatic nitrogens is 1. The quantitative estimate of drug-likeness (QED) is 0.613. The van der Waals surface area contributed by atoms with Gasteiger partial charge in [0.2, 0.25) is 5.91 Å². The van der Waals surface area contributed by atoms with Gasteiger partial charge >= 0.3 is 0 Å². The molecule has 0 unspecified atom stereocenters. The first kappa shape index (κ1) is 21.1. The van der Waals surface area contributed by atoms with Crippen molar-refractivity contribution in [1.82, 2.24) is 9.88 Å². The molecule has 1 amide bonds. The molecule has 0 radical (unpaired) electrons. The molecule has 0 atom stereocenters. The van der Waals surface area contributed by atoms with Gasteiger partial charge in [0.05, 0.1) is 22.0 Å². The third-order valence-corrected chi connectivity index (χ3v) is 5.30. The first-order valence-corrected chi connectivity index (χ1v) is 9.67. The van der Waals surface area contributed by atoms with E-state index in [1.54, 1.807) is 6.92 Å². The van der Waals surface area contributed by atoms with Gasteiger partial charge in [-0.2, -0.15) is 0 Å². The van der Waals surface area contributed by atoms with Crippen LogP contribution in [0.2, 0.25) is 10.0 Å². The minimum Gasteiger partial charge on any atom is -0.505 e. The highest BCUT2D eigenvalue weighted by atomic mass is 35.5. The SMILES string of the molecule is Cc1c(CC(=O)NC(C)C)c2cc(O)c(F)cc2n1C(=O)c1ccc(Cl)c(Cl)c1. The number of halogens is 3. The summed E-state index contributed by atoms with van der Waals surface area (Å²) < 4.78 is 15.4. The molecule has 0 fully saturated rings. The minimum atomic E-state index is -0.864. The zero-order chi connectivity index (χ0) is 21.5. The summed E-state index contributed by atoms with van der Waals surface area (Å²) in [4.78, 5) is 25.5. The van der Waals surface area contributed by atoms with Crippen molar-refractivity contribution in [3.8, 4) is 5.75 Å². The predicted octanol–water partition coefficient (Wildman–Crippen LogP) is 4.86. The van der Waals surface area contributed by atoms with E-state index in [0.29, 0.717) is 21.7 Å². The molecule has 0 aliphatic carbocycles. The number of rotatable bonds is 4. The van der Waals surface area contributed by atoms with Crippen molar-refractivity contribution in [3.63, 3.8) is 0 Å². The molecule has 3 rings (SSSR count). The van der Waals surface area contributed by atoms with Crippen LogP contribution in [-0.2, 0) is 11.2 Å². The molecule has 1 aromatic heterocycles. The van der Waals surface area contributed by atoms with E-state index in [0.717, 1.165) is 6.07 Å². The Morgan fingerprint density at radius 1 is 1.17 bits per heavy atom. The topological polar surface area (TPSA) is 71.3 Å². The van der Waals surface area contributed by atoms with Crippen molar-refractivity contribution in [2.45, 2.75) is 33.2 Å². The number of hydrogen-bond donors (Lipinski definition) is 2. The van der Waals surface area contributed by atoms with E-state index in [1.165, 1.54) is 28.8 Å². The molecule has 2 N–H and O–H groups in total. The zero-order valence-corrected chi connectivity index (χ0v) is 17.5. The van der Waals surface area contributed by atoms with Crippen LogP contribution in [0.3, 0.4) is 0 Å². The van der Waals surface area contributed by atoms with Gasteiger partial charge in [0, 0.05) is 28.8 Å². The molecule has 0 saturated carbocycles. The molecule has 8 heteroatoms. The molecule has 0 bridgehead atoms. The van der Waals surface area contributed by atoms with Crippen LogP contribution < -0.4 is 5.32 Å². The van der Waals surface area contributed by atoms with Gasteiger partial charge in [-0.25, -0.2) is 4.39 Å².